The van der Waals surface area contributed by atoms with Crippen molar-refractivity contribution < 1.29 is 14.3 Å². The fourth-order valence-corrected chi connectivity index (χ4v) is 2.89. The van der Waals surface area contributed by atoms with Gasteiger partial charge in [-0.25, -0.2) is 0 Å². The second-order valence-electron chi connectivity index (χ2n) is 5.54. The minimum absolute atomic E-state index is 0.156. The van der Waals surface area contributed by atoms with Crippen LogP contribution < -0.4 is 14.8 Å². The predicted octanol–water partition coefficient (Wildman–Crippen LogP) is 3.51. The number of rotatable bonds is 3. The minimum Gasteiger partial charge on any atom is -0.485 e. The van der Waals surface area contributed by atoms with E-state index in [4.69, 9.17) is 21.1 Å². The number of carbonyl (C=O) groups excluding carboxylic acids is 1. The van der Waals surface area contributed by atoms with Crippen molar-refractivity contribution in [2.75, 3.05) is 11.9 Å². The Labute approximate surface area is 148 Å². The topological polar surface area (TPSA) is 76.2 Å². The van der Waals surface area contributed by atoms with Crippen molar-refractivity contribution >= 4 is 23.2 Å². The van der Waals surface area contributed by atoms with Gasteiger partial charge < -0.3 is 14.8 Å². The van der Waals surface area contributed by atoms with E-state index in [-0.39, 0.29) is 12.5 Å². The summed E-state index contributed by atoms with van der Waals surface area (Å²) in [7, 11) is 0. The van der Waals surface area contributed by atoms with E-state index < -0.39 is 6.10 Å². The summed E-state index contributed by atoms with van der Waals surface area (Å²) in [6, 6.07) is 12.6. The summed E-state index contributed by atoms with van der Waals surface area (Å²) in [5, 5.41) is 9.97. The third-order valence-electron chi connectivity index (χ3n) is 3.85. The summed E-state index contributed by atoms with van der Waals surface area (Å²) in [6.07, 6.45) is 2.72. The smallest absolute Gasteiger partial charge is 0.269 e. The van der Waals surface area contributed by atoms with Gasteiger partial charge in [0, 0.05) is 23.0 Å². The number of H-pyrrole nitrogens is 1. The molecule has 0 saturated carbocycles. The van der Waals surface area contributed by atoms with Gasteiger partial charge in [0.15, 0.2) is 11.5 Å². The number of ether oxygens (including phenoxy) is 2. The molecule has 0 spiro atoms. The Bertz CT molecular complexity index is 912. The van der Waals surface area contributed by atoms with E-state index in [1.165, 1.54) is 0 Å². The van der Waals surface area contributed by atoms with Crippen LogP contribution in [0.2, 0.25) is 5.02 Å². The largest absolute Gasteiger partial charge is 0.485 e. The van der Waals surface area contributed by atoms with Gasteiger partial charge in [0.25, 0.3) is 5.91 Å². The van der Waals surface area contributed by atoms with E-state index in [1.54, 1.807) is 36.7 Å². The lowest BCUT2D eigenvalue weighted by Gasteiger charge is -2.25. The summed E-state index contributed by atoms with van der Waals surface area (Å²) in [5.41, 5.74) is 2.30. The SMILES string of the molecule is O=C(Nc1ccc(-c2cn[nH]c2)c(Cl)c1)[C@@H]1COc2ccccc2O1. The molecule has 2 heterocycles. The number of nitrogens with zero attached hydrogens (tertiary/aromatic N) is 1. The van der Waals surface area contributed by atoms with Gasteiger partial charge >= 0.3 is 0 Å². The molecule has 6 nitrogen and oxygen atoms in total. The van der Waals surface area contributed by atoms with Crippen LogP contribution in [0.4, 0.5) is 5.69 Å². The number of carbonyl (C=O) groups is 1. The first-order chi connectivity index (χ1) is 12.2. The van der Waals surface area contributed by atoms with Gasteiger partial charge in [-0.3, -0.25) is 9.89 Å². The summed E-state index contributed by atoms with van der Waals surface area (Å²) in [5.74, 6) is 0.905. The van der Waals surface area contributed by atoms with Gasteiger partial charge in [0.2, 0.25) is 6.10 Å². The molecular weight excluding hydrogens is 342 g/mol. The fraction of sp³-hybridized carbons (Fsp3) is 0.111. The van der Waals surface area contributed by atoms with Crippen molar-refractivity contribution in [3.05, 3.63) is 59.9 Å². The average Bonchev–Trinajstić information content (AvgIpc) is 3.15. The first-order valence-electron chi connectivity index (χ1n) is 7.69. The van der Waals surface area contributed by atoms with Crippen molar-refractivity contribution in [3.63, 3.8) is 0 Å². The molecule has 1 aliphatic heterocycles. The maximum absolute atomic E-state index is 12.4. The molecule has 25 heavy (non-hydrogen) atoms. The molecule has 1 aliphatic rings. The van der Waals surface area contributed by atoms with Crippen molar-refractivity contribution in [3.8, 4) is 22.6 Å². The first kappa shape index (κ1) is 15.5. The Balaban J connectivity index is 1.47. The second-order valence-corrected chi connectivity index (χ2v) is 5.94. The molecule has 1 aromatic heterocycles. The van der Waals surface area contributed by atoms with Crippen LogP contribution in [0.5, 0.6) is 11.5 Å². The number of nitrogens with one attached hydrogen (secondary N) is 2. The molecule has 1 atom stereocenters. The van der Waals surface area contributed by atoms with Gasteiger partial charge in [-0.05, 0) is 24.3 Å². The molecule has 3 aromatic rings. The Hall–Kier alpha value is -2.99. The quantitative estimate of drug-likeness (QED) is 0.753. The lowest BCUT2D eigenvalue weighted by molar-refractivity contribution is -0.125. The number of hydrogen-bond donors (Lipinski definition) is 2. The van der Waals surface area contributed by atoms with Crippen LogP contribution in [0.3, 0.4) is 0 Å². The number of aromatic amines is 1. The van der Waals surface area contributed by atoms with E-state index >= 15 is 0 Å². The van der Waals surface area contributed by atoms with Crippen LogP contribution in [0.15, 0.2) is 54.9 Å². The fourth-order valence-electron chi connectivity index (χ4n) is 2.60. The number of halogens is 1. The molecule has 2 aromatic carbocycles. The molecule has 7 heteroatoms. The maximum atomic E-state index is 12.4. The summed E-state index contributed by atoms with van der Waals surface area (Å²) < 4.78 is 11.3. The highest BCUT2D eigenvalue weighted by molar-refractivity contribution is 6.33. The zero-order valence-corrected chi connectivity index (χ0v) is 13.8. The van der Waals surface area contributed by atoms with Crippen molar-refractivity contribution in [1.29, 1.82) is 0 Å². The van der Waals surface area contributed by atoms with E-state index in [9.17, 15) is 4.79 Å². The Morgan fingerprint density at radius 3 is 2.84 bits per heavy atom. The predicted molar refractivity (Wildman–Crippen MR) is 94.0 cm³/mol. The van der Waals surface area contributed by atoms with Crippen molar-refractivity contribution in [2.24, 2.45) is 0 Å². The number of para-hydroxylation sites is 2. The van der Waals surface area contributed by atoms with Crippen LogP contribution in [-0.4, -0.2) is 28.8 Å². The molecule has 0 aliphatic carbocycles. The number of hydrogen-bond acceptors (Lipinski definition) is 4. The van der Waals surface area contributed by atoms with Crippen LogP contribution in [-0.2, 0) is 4.79 Å². The summed E-state index contributed by atoms with van der Waals surface area (Å²) in [4.78, 5) is 12.4. The third-order valence-corrected chi connectivity index (χ3v) is 4.16. The Kier molecular flexibility index (Phi) is 4.03. The highest BCUT2D eigenvalue weighted by atomic mass is 35.5. The zero-order valence-electron chi connectivity index (χ0n) is 13.0. The number of fused-ring (bicyclic) bond motifs is 1. The molecule has 0 fully saturated rings. The van der Waals surface area contributed by atoms with Gasteiger partial charge in [-0.15, -0.1) is 0 Å². The highest BCUT2D eigenvalue weighted by Crippen LogP contribution is 2.32. The first-order valence-corrected chi connectivity index (χ1v) is 8.06. The van der Waals surface area contributed by atoms with E-state index in [0.29, 0.717) is 22.2 Å². The third kappa shape index (κ3) is 3.16. The Morgan fingerprint density at radius 1 is 1.24 bits per heavy atom. The minimum atomic E-state index is -0.720. The second kappa shape index (κ2) is 6.49. The molecule has 0 unspecified atom stereocenters. The Morgan fingerprint density at radius 2 is 2.08 bits per heavy atom. The van der Waals surface area contributed by atoms with Gasteiger partial charge in [-0.2, -0.15) is 5.10 Å². The summed E-state index contributed by atoms with van der Waals surface area (Å²) in [6.45, 7) is 0.156. The molecule has 2 N–H and O–H groups in total. The number of benzene rings is 2. The van der Waals surface area contributed by atoms with Crippen molar-refractivity contribution in [1.82, 2.24) is 10.2 Å². The van der Waals surface area contributed by atoms with E-state index in [0.717, 1.165) is 11.1 Å². The van der Waals surface area contributed by atoms with E-state index in [2.05, 4.69) is 15.5 Å². The van der Waals surface area contributed by atoms with Gasteiger partial charge in [0.05, 0.1) is 11.2 Å². The average molecular weight is 356 g/mol. The molecule has 0 bridgehead atoms. The monoisotopic (exact) mass is 355 g/mol. The molecule has 126 valence electrons. The van der Waals surface area contributed by atoms with Crippen LogP contribution >= 0.6 is 11.6 Å². The number of amides is 1. The van der Waals surface area contributed by atoms with Gasteiger partial charge in [-0.1, -0.05) is 29.8 Å². The molecule has 0 saturated heterocycles. The van der Waals surface area contributed by atoms with Crippen LogP contribution in [0, 0.1) is 0 Å². The maximum Gasteiger partial charge on any atom is 0.269 e. The van der Waals surface area contributed by atoms with Crippen LogP contribution in [0.1, 0.15) is 0 Å². The number of aromatic nitrogens is 2. The molecular formula is C18H14ClN3O3. The molecule has 0 radical (unpaired) electrons. The summed E-state index contributed by atoms with van der Waals surface area (Å²) >= 11 is 6.31. The van der Waals surface area contributed by atoms with Crippen LogP contribution in [0.25, 0.3) is 11.1 Å². The van der Waals surface area contributed by atoms with E-state index in [1.807, 2.05) is 18.2 Å². The normalized spacial score (nSPS) is 15.6. The molecule has 1 amide bonds. The zero-order chi connectivity index (χ0) is 17.2. The van der Waals surface area contributed by atoms with Gasteiger partial charge in [0.1, 0.15) is 6.61 Å². The lowest BCUT2D eigenvalue weighted by Crippen LogP contribution is -2.40. The lowest BCUT2D eigenvalue weighted by atomic mass is 10.1. The highest BCUT2D eigenvalue weighted by Gasteiger charge is 2.27. The number of anilines is 1. The standard InChI is InChI=1S/C18H14ClN3O3/c19-14-7-12(5-6-13(14)11-8-20-21-9-11)22-18(23)17-10-24-15-3-1-2-4-16(15)25-17/h1-9,17H,10H2,(H,20,21)(H,22,23)/t17-/m0/s1. The van der Waals surface area contributed by atoms with Crippen molar-refractivity contribution in [2.45, 2.75) is 6.10 Å². The molecule has 4 rings (SSSR count).